The van der Waals surface area contributed by atoms with Gasteiger partial charge in [0.2, 0.25) is 0 Å². The Labute approximate surface area is 192 Å². The monoisotopic (exact) mass is 445 g/mol. The number of likely N-dealkylation sites (tertiary alicyclic amines) is 1. The average Bonchev–Trinajstić information content (AvgIpc) is 3.51. The number of para-hydroxylation sites is 1. The first kappa shape index (κ1) is 20.6. The molecule has 4 aromatic rings. The number of benzene rings is 2. The topological polar surface area (TPSA) is 51.3 Å². The molecule has 0 bridgehead atoms. The van der Waals surface area contributed by atoms with Crippen LogP contribution in [0, 0.1) is 5.92 Å². The fraction of sp³-hybridized carbons (Fsp3) is 0.231. The van der Waals surface area contributed by atoms with E-state index in [1.165, 1.54) is 5.56 Å². The second-order valence-corrected chi connectivity index (χ2v) is 8.59. The highest BCUT2D eigenvalue weighted by Gasteiger charge is 2.28. The van der Waals surface area contributed by atoms with Crippen molar-refractivity contribution >= 4 is 17.5 Å². The van der Waals surface area contributed by atoms with Gasteiger partial charge in [0.25, 0.3) is 5.91 Å². The smallest absolute Gasteiger partial charge is 0.272 e. The van der Waals surface area contributed by atoms with Crippen molar-refractivity contribution in [2.24, 2.45) is 5.92 Å². The molecule has 0 radical (unpaired) electrons. The van der Waals surface area contributed by atoms with Gasteiger partial charge in [-0.2, -0.15) is 5.10 Å². The first-order valence-corrected chi connectivity index (χ1v) is 11.3. The number of furan rings is 1. The van der Waals surface area contributed by atoms with E-state index in [0.717, 1.165) is 32.4 Å². The van der Waals surface area contributed by atoms with Gasteiger partial charge in [-0.1, -0.05) is 54.1 Å². The summed E-state index contributed by atoms with van der Waals surface area (Å²) in [5, 5.41) is 5.20. The van der Waals surface area contributed by atoms with Gasteiger partial charge in [-0.15, -0.1) is 0 Å². The van der Waals surface area contributed by atoms with Crippen LogP contribution in [-0.4, -0.2) is 33.7 Å². The van der Waals surface area contributed by atoms with Gasteiger partial charge >= 0.3 is 0 Å². The van der Waals surface area contributed by atoms with Crippen LogP contribution in [0.4, 0.5) is 0 Å². The zero-order valence-electron chi connectivity index (χ0n) is 17.7. The van der Waals surface area contributed by atoms with Crippen LogP contribution in [-0.2, 0) is 6.42 Å². The van der Waals surface area contributed by atoms with Crippen LogP contribution < -0.4 is 0 Å². The lowest BCUT2D eigenvalue weighted by molar-refractivity contribution is 0.0681. The van der Waals surface area contributed by atoms with Gasteiger partial charge in [0.15, 0.2) is 5.76 Å². The molecule has 2 aromatic carbocycles. The summed E-state index contributed by atoms with van der Waals surface area (Å²) in [7, 11) is 0. The zero-order valence-corrected chi connectivity index (χ0v) is 18.4. The quantitative estimate of drug-likeness (QED) is 0.385. The molecule has 0 N–H and O–H groups in total. The predicted molar refractivity (Wildman–Crippen MR) is 125 cm³/mol. The van der Waals surface area contributed by atoms with E-state index >= 15 is 0 Å². The lowest BCUT2D eigenvalue weighted by atomic mass is 9.90. The summed E-state index contributed by atoms with van der Waals surface area (Å²) in [6.07, 6.45) is 4.64. The van der Waals surface area contributed by atoms with Crippen molar-refractivity contribution < 1.29 is 9.21 Å². The number of halogens is 1. The van der Waals surface area contributed by atoms with Gasteiger partial charge in [0, 0.05) is 19.2 Å². The SMILES string of the molecule is O=C(c1cc(-c2ccco2)nn1-c1ccccc1Cl)N1CCC(Cc2ccccc2)CC1. The zero-order chi connectivity index (χ0) is 21.9. The summed E-state index contributed by atoms with van der Waals surface area (Å²) in [5.41, 5.74) is 3.13. The molecule has 1 aliphatic rings. The fourth-order valence-electron chi connectivity index (χ4n) is 4.33. The Hall–Kier alpha value is -3.31. The van der Waals surface area contributed by atoms with Gasteiger partial charge in [-0.3, -0.25) is 4.79 Å². The van der Waals surface area contributed by atoms with Crippen molar-refractivity contribution in [2.75, 3.05) is 13.1 Å². The van der Waals surface area contributed by atoms with Gasteiger partial charge in [0.1, 0.15) is 11.4 Å². The van der Waals surface area contributed by atoms with E-state index in [-0.39, 0.29) is 5.91 Å². The van der Waals surface area contributed by atoms with Crippen molar-refractivity contribution in [1.82, 2.24) is 14.7 Å². The summed E-state index contributed by atoms with van der Waals surface area (Å²) >= 11 is 6.44. The molecule has 3 heterocycles. The number of rotatable bonds is 5. The molecule has 1 saturated heterocycles. The Balaban J connectivity index is 1.38. The van der Waals surface area contributed by atoms with Crippen molar-refractivity contribution in [3.63, 3.8) is 0 Å². The number of carbonyl (C=O) groups excluding carboxylic acids is 1. The molecule has 5 rings (SSSR count). The van der Waals surface area contributed by atoms with Gasteiger partial charge in [-0.25, -0.2) is 4.68 Å². The number of piperidine rings is 1. The Morgan fingerprint density at radius 3 is 2.47 bits per heavy atom. The maximum absolute atomic E-state index is 13.5. The number of aromatic nitrogens is 2. The first-order valence-electron chi connectivity index (χ1n) is 10.9. The van der Waals surface area contributed by atoms with Gasteiger partial charge < -0.3 is 9.32 Å². The highest BCUT2D eigenvalue weighted by atomic mass is 35.5. The van der Waals surface area contributed by atoms with E-state index < -0.39 is 0 Å². The maximum Gasteiger partial charge on any atom is 0.272 e. The van der Waals surface area contributed by atoms with E-state index in [9.17, 15) is 4.79 Å². The second kappa shape index (κ2) is 9.05. The molecule has 162 valence electrons. The largest absolute Gasteiger partial charge is 0.463 e. The molecule has 0 unspecified atom stereocenters. The predicted octanol–water partition coefficient (Wildman–Crippen LogP) is 5.88. The van der Waals surface area contributed by atoms with Crippen LogP contribution in [0.1, 0.15) is 28.9 Å². The van der Waals surface area contributed by atoms with E-state index in [0.29, 0.717) is 33.8 Å². The van der Waals surface area contributed by atoms with Crippen LogP contribution in [0.15, 0.2) is 83.5 Å². The van der Waals surface area contributed by atoms with Crippen LogP contribution in [0.5, 0.6) is 0 Å². The summed E-state index contributed by atoms with van der Waals surface area (Å²) in [6.45, 7) is 1.47. The van der Waals surface area contributed by atoms with Crippen LogP contribution in [0.3, 0.4) is 0 Å². The van der Waals surface area contributed by atoms with E-state index in [2.05, 4.69) is 29.4 Å². The molecule has 0 aliphatic carbocycles. The van der Waals surface area contributed by atoms with Crippen molar-refractivity contribution in [1.29, 1.82) is 0 Å². The molecular weight excluding hydrogens is 422 g/mol. The normalized spacial score (nSPS) is 14.6. The average molecular weight is 446 g/mol. The van der Waals surface area contributed by atoms with E-state index in [1.54, 1.807) is 23.1 Å². The summed E-state index contributed by atoms with van der Waals surface area (Å²) < 4.78 is 7.15. The lowest BCUT2D eigenvalue weighted by Crippen LogP contribution is -2.39. The lowest BCUT2D eigenvalue weighted by Gasteiger charge is -2.32. The van der Waals surface area contributed by atoms with Gasteiger partial charge in [-0.05, 0) is 55.0 Å². The molecule has 1 amide bonds. The van der Waals surface area contributed by atoms with Crippen LogP contribution in [0.25, 0.3) is 17.1 Å². The van der Waals surface area contributed by atoms with E-state index in [1.807, 2.05) is 41.3 Å². The Morgan fingerprint density at radius 2 is 1.75 bits per heavy atom. The summed E-state index contributed by atoms with van der Waals surface area (Å²) in [5.74, 6) is 1.17. The second-order valence-electron chi connectivity index (χ2n) is 8.18. The third-order valence-electron chi connectivity index (χ3n) is 6.05. The molecular formula is C26H24ClN3O2. The van der Waals surface area contributed by atoms with Crippen molar-refractivity contribution in [3.05, 3.63) is 95.3 Å². The third kappa shape index (κ3) is 4.21. The molecule has 5 nitrogen and oxygen atoms in total. The van der Waals surface area contributed by atoms with Crippen molar-refractivity contribution in [2.45, 2.75) is 19.3 Å². The number of amides is 1. The Bertz CT molecular complexity index is 1190. The highest BCUT2D eigenvalue weighted by molar-refractivity contribution is 6.32. The molecule has 1 fully saturated rings. The van der Waals surface area contributed by atoms with Crippen LogP contribution in [0.2, 0.25) is 5.02 Å². The number of nitrogens with zero attached hydrogens (tertiary/aromatic N) is 3. The molecule has 1 aliphatic heterocycles. The molecule has 2 aromatic heterocycles. The first-order chi connectivity index (χ1) is 15.7. The number of hydrogen-bond donors (Lipinski definition) is 0. The summed E-state index contributed by atoms with van der Waals surface area (Å²) in [6, 6.07) is 23.4. The third-order valence-corrected chi connectivity index (χ3v) is 6.37. The van der Waals surface area contributed by atoms with Gasteiger partial charge in [0.05, 0.1) is 17.0 Å². The minimum atomic E-state index is -0.0339. The standard InChI is InChI=1S/C26H24ClN3O2/c27-21-9-4-5-10-23(21)30-24(18-22(28-30)25-11-6-16-32-25)26(31)29-14-12-20(13-15-29)17-19-7-2-1-3-8-19/h1-11,16,18,20H,12-15,17H2. The highest BCUT2D eigenvalue weighted by Crippen LogP contribution is 2.28. The maximum atomic E-state index is 13.5. The molecule has 32 heavy (non-hydrogen) atoms. The van der Waals surface area contributed by atoms with E-state index in [4.69, 9.17) is 16.0 Å². The molecule has 0 spiro atoms. The molecule has 0 saturated carbocycles. The summed E-state index contributed by atoms with van der Waals surface area (Å²) in [4.78, 5) is 15.5. The number of hydrogen-bond acceptors (Lipinski definition) is 3. The minimum absolute atomic E-state index is 0.0339. The molecule has 0 atom stereocenters. The van der Waals surface area contributed by atoms with Crippen LogP contribution >= 0.6 is 11.6 Å². The molecule has 6 heteroatoms. The van der Waals surface area contributed by atoms with Crippen molar-refractivity contribution in [3.8, 4) is 17.1 Å². The Kier molecular flexibility index (Phi) is 5.82. The minimum Gasteiger partial charge on any atom is -0.463 e. The number of carbonyl (C=O) groups is 1. The Morgan fingerprint density at radius 1 is 1.00 bits per heavy atom. The fourth-order valence-corrected chi connectivity index (χ4v) is 4.55.